The zero-order chi connectivity index (χ0) is 16.8. The van der Waals surface area contributed by atoms with Crippen LogP contribution in [-0.2, 0) is 16.1 Å². The molecule has 0 fully saturated rings. The molecule has 0 spiro atoms. The molecule has 2 aromatic rings. The molecule has 1 amide bonds. The number of hydrogen-bond donors (Lipinski definition) is 2. The van der Waals surface area contributed by atoms with Crippen molar-refractivity contribution in [1.29, 1.82) is 0 Å². The van der Waals surface area contributed by atoms with Gasteiger partial charge in [-0.25, -0.2) is 9.07 Å². The molecule has 120 valence electrons. The molecule has 1 aromatic heterocycles. The fraction of sp³-hybridized carbons (Fsp3) is 0.200. The molecule has 7 nitrogen and oxygen atoms in total. The van der Waals surface area contributed by atoms with Crippen molar-refractivity contribution in [2.75, 3.05) is 6.54 Å². The van der Waals surface area contributed by atoms with E-state index in [0.29, 0.717) is 11.3 Å². The first-order valence-electron chi connectivity index (χ1n) is 6.78. The lowest BCUT2D eigenvalue weighted by Gasteiger charge is -2.07. The van der Waals surface area contributed by atoms with Crippen molar-refractivity contribution in [3.8, 4) is 11.3 Å². The van der Waals surface area contributed by atoms with Gasteiger partial charge in [0.15, 0.2) is 0 Å². The number of halogens is 1. The minimum absolute atomic E-state index is 0.0272. The van der Waals surface area contributed by atoms with Crippen molar-refractivity contribution < 1.29 is 19.1 Å². The fourth-order valence-electron chi connectivity index (χ4n) is 1.84. The summed E-state index contributed by atoms with van der Waals surface area (Å²) in [6, 6.07) is 8.31. The number of amides is 1. The molecule has 2 rings (SSSR count). The highest BCUT2D eigenvalue weighted by Crippen LogP contribution is 2.15. The average molecular weight is 319 g/mol. The molecular weight excluding hydrogens is 305 g/mol. The molecular formula is C15H14FN3O4. The predicted molar refractivity (Wildman–Crippen MR) is 79.2 cm³/mol. The molecule has 0 bridgehead atoms. The maximum atomic E-state index is 12.9. The van der Waals surface area contributed by atoms with Gasteiger partial charge in [-0.1, -0.05) is 0 Å². The zero-order valence-electron chi connectivity index (χ0n) is 12.0. The van der Waals surface area contributed by atoms with Gasteiger partial charge in [0.1, 0.15) is 12.4 Å². The van der Waals surface area contributed by atoms with E-state index in [2.05, 4.69) is 10.4 Å². The van der Waals surface area contributed by atoms with Gasteiger partial charge in [0, 0.05) is 18.2 Å². The van der Waals surface area contributed by atoms with Gasteiger partial charge in [0.25, 0.3) is 5.56 Å². The molecule has 1 aromatic carbocycles. The second-order valence-electron chi connectivity index (χ2n) is 4.72. The van der Waals surface area contributed by atoms with Gasteiger partial charge >= 0.3 is 5.97 Å². The highest BCUT2D eigenvalue weighted by molar-refractivity contribution is 5.76. The summed E-state index contributed by atoms with van der Waals surface area (Å²) in [7, 11) is 0. The van der Waals surface area contributed by atoms with Crippen LogP contribution in [0.25, 0.3) is 11.3 Å². The summed E-state index contributed by atoms with van der Waals surface area (Å²) in [5.41, 5.74) is 0.554. The van der Waals surface area contributed by atoms with Gasteiger partial charge in [-0.2, -0.15) is 5.10 Å². The summed E-state index contributed by atoms with van der Waals surface area (Å²) in [4.78, 5) is 33.8. The molecule has 0 aliphatic heterocycles. The van der Waals surface area contributed by atoms with Crippen LogP contribution in [0.5, 0.6) is 0 Å². The molecule has 23 heavy (non-hydrogen) atoms. The summed E-state index contributed by atoms with van der Waals surface area (Å²) < 4.78 is 13.9. The summed E-state index contributed by atoms with van der Waals surface area (Å²) in [5.74, 6) is -1.93. The van der Waals surface area contributed by atoms with Gasteiger partial charge < -0.3 is 10.4 Å². The Hall–Kier alpha value is -3.03. The van der Waals surface area contributed by atoms with Gasteiger partial charge in [0.2, 0.25) is 5.91 Å². The first-order chi connectivity index (χ1) is 11.0. The second kappa shape index (κ2) is 7.30. The van der Waals surface area contributed by atoms with Crippen LogP contribution in [0.15, 0.2) is 41.2 Å². The molecule has 2 N–H and O–H groups in total. The lowest BCUT2D eigenvalue weighted by atomic mass is 10.1. The van der Waals surface area contributed by atoms with Crippen LogP contribution in [0, 0.1) is 5.82 Å². The monoisotopic (exact) mass is 319 g/mol. The lowest BCUT2D eigenvalue weighted by molar-refractivity contribution is -0.136. The minimum Gasteiger partial charge on any atom is -0.481 e. The molecule has 0 atom stereocenters. The number of rotatable bonds is 6. The number of nitrogens with one attached hydrogen (secondary N) is 1. The number of carboxylic acid groups (broad SMARTS) is 1. The number of carboxylic acids is 1. The van der Waals surface area contributed by atoms with E-state index < -0.39 is 17.4 Å². The zero-order valence-corrected chi connectivity index (χ0v) is 12.0. The van der Waals surface area contributed by atoms with Gasteiger partial charge in [-0.3, -0.25) is 14.4 Å². The van der Waals surface area contributed by atoms with Crippen LogP contribution in [0.4, 0.5) is 4.39 Å². The van der Waals surface area contributed by atoms with E-state index in [4.69, 9.17) is 5.11 Å². The second-order valence-corrected chi connectivity index (χ2v) is 4.72. The van der Waals surface area contributed by atoms with E-state index in [1.165, 1.54) is 36.4 Å². The molecule has 0 saturated carbocycles. The van der Waals surface area contributed by atoms with Crippen LogP contribution in [0.2, 0.25) is 0 Å². The van der Waals surface area contributed by atoms with Crippen LogP contribution < -0.4 is 10.9 Å². The average Bonchev–Trinajstić information content (AvgIpc) is 2.50. The van der Waals surface area contributed by atoms with Gasteiger partial charge in [-0.05, 0) is 30.3 Å². The van der Waals surface area contributed by atoms with Crippen molar-refractivity contribution >= 4 is 11.9 Å². The maximum Gasteiger partial charge on any atom is 0.305 e. The standard InChI is InChI=1S/C15H14FN3O4/c16-11-3-1-10(2-4-11)12-5-6-14(21)19(18-12)9-13(20)17-8-7-15(22)23/h1-6H,7-9H2,(H,17,20)(H,22,23). The Morgan fingerprint density at radius 1 is 1.17 bits per heavy atom. The lowest BCUT2D eigenvalue weighted by Crippen LogP contribution is -2.34. The molecule has 0 radical (unpaired) electrons. The Bertz CT molecular complexity index is 771. The summed E-state index contributed by atoms with van der Waals surface area (Å²) in [6.45, 7) is -0.353. The van der Waals surface area contributed by atoms with Crippen molar-refractivity contribution in [2.24, 2.45) is 0 Å². The highest BCUT2D eigenvalue weighted by Gasteiger charge is 2.08. The Kier molecular flexibility index (Phi) is 5.19. The van der Waals surface area contributed by atoms with Crippen molar-refractivity contribution in [3.05, 3.63) is 52.6 Å². The third-order valence-electron chi connectivity index (χ3n) is 2.96. The van der Waals surface area contributed by atoms with Crippen LogP contribution in [-0.4, -0.2) is 33.3 Å². The minimum atomic E-state index is -1.03. The summed E-state index contributed by atoms with van der Waals surface area (Å²) in [5, 5.41) is 14.9. The maximum absolute atomic E-state index is 12.9. The molecule has 8 heteroatoms. The number of benzene rings is 1. The number of nitrogens with zero attached hydrogens (tertiary/aromatic N) is 2. The van der Waals surface area contributed by atoms with E-state index >= 15 is 0 Å². The largest absolute Gasteiger partial charge is 0.481 e. The van der Waals surface area contributed by atoms with E-state index in [0.717, 1.165) is 4.68 Å². The molecule has 0 aliphatic carbocycles. The number of aliphatic carboxylic acids is 1. The third kappa shape index (κ3) is 4.73. The normalized spacial score (nSPS) is 10.3. The van der Waals surface area contributed by atoms with E-state index in [1.807, 2.05) is 0 Å². The number of hydrogen-bond acceptors (Lipinski definition) is 4. The Morgan fingerprint density at radius 2 is 1.87 bits per heavy atom. The van der Waals surface area contributed by atoms with Gasteiger partial charge in [0.05, 0.1) is 12.1 Å². The van der Waals surface area contributed by atoms with E-state index in [1.54, 1.807) is 0 Å². The van der Waals surface area contributed by atoms with Crippen LogP contribution in [0.3, 0.4) is 0 Å². The molecule has 0 aliphatic rings. The Labute approximate surface area is 130 Å². The molecule has 1 heterocycles. The van der Waals surface area contributed by atoms with Crippen LogP contribution in [0.1, 0.15) is 6.42 Å². The van der Waals surface area contributed by atoms with Crippen molar-refractivity contribution in [3.63, 3.8) is 0 Å². The molecule has 0 saturated heterocycles. The van der Waals surface area contributed by atoms with Crippen LogP contribution >= 0.6 is 0 Å². The number of carbonyl (C=O) groups excluding carboxylic acids is 1. The quantitative estimate of drug-likeness (QED) is 0.813. The van der Waals surface area contributed by atoms with Crippen molar-refractivity contribution in [2.45, 2.75) is 13.0 Å². The fourth-order valence-corrected chi connectivity index (χ4v) is 1.84. The SMILES string of the molecule is O=C(O)CCNC(=O)Cn1nc(-c2ccc(F)cc2)ccc1=O. The highest BCUT2D eigenvalue weighted by atomic mass is 19.1. The Morgan fingerprint density at radius 3 is 2.52 bits per heavy atom. The predicted octanol–water partition coefficient (Wildman–Crippen LogP) is 0.640. The Balaban J connectivity index is 2.11. The van der Waals surface area contributed by atoms with Crippen molar-refractivity contribution in [1.82, 2.24) is 15.1 Å². The summed E-state index contributed by atoms with van der Waals surface area (Å²) >= 11 is 0. The van der Waals surface area contributed by atoms with E-state index in [-0.39, 0.29) is 25.3 Å². The first kappa shape index (κ1) is 16.3. The topological polar surface area (TPSA) is 101 Å². The number of aromatic nitrogens is 2. The smallest absolute Gasteiger partial charge is 0.305 e. The summed E-state index contributed by atoms with van der Waals surface area (Å²) in [6.07, 6.45) is -0.205. The van der Waals surface area contributed by atoms with E-state index in [9.17, 15) is 18.8 Å². The van der Waals surface area contributed by atoms with Gasteiger partial charge in [-0.15, -0.1) is 0 Å². The first-order valence-corrected chi connectivity index (χ1v) is 6.78. The molecule has 0 unspecified atom stereocenters. The third-order valence-corrected chi connectivity index (χ3v) is 2.96. The number of carbonyl (C=O) groups is 2.